The lowest BCUT2D eigenvalue weighted by Crippen LogP contribution is -2.39. The number of methoxy groups -OCH3 is 1. The molecule has 0 spiro atoms. The molecule has 5 nitrogen and oxygen atoms in total. The van der Waals surface area contributed by atoms with Crippen LogP contribution in [0.4, 0.5) is 23.7 Å². The van der Waals surface area contributed by atoms with E-state index in [1.807, 2.05) is 0 Å². The van der Waals surface area contributed by atoms with Crippen molar-refractivity contribution in [3.8, 4) is 5.75 Å². The molecule has 1 aliphatic heterocycles. The molecule has 0 unspecified atom stereocenters. The molecule has 0 aliphatic carbocycles. The van der Waals surface area contributed by atoms with Crippen LogP contribution < -0.4 is 9.64 Å². The number of carbonyl (C=O) groups is 2. The van der Waals surface area contributed by atoms with Crippen LogP contribution in [0.3, 0.4) is 0 Å². The number of fused-ring (bicyclic) bond motifs is 1. The normalized spacial score (nSPS) is 16.5. The molecule has 0 bridgehead atoms. The van der Waals surface area contributed by atoms with Crippen molar-refractivity contribution in [1.29, 1.82) is 0 Å². The summed E-state index contributed by atoms with van der Waals surface area (Å²) in [5.41, 5.74) is -1.57. The smallest absolute Gasteiger partial charge is 0.421 e. The van der Waals surface area contributed by atoms with Crippen LogP contribution >= 0.6 is 11.6 Å². The minimum Gasteiger partial charge on any atom is -0.496 e. The molecule has 0 saturated carbocycles. The fourth-order valence-electron chi connectivity index (χ4n) is 3.27. The summed E-state index contributed by atoms with van der Waals surface area (Å²) in [6.45, 7) is 4.78. The monoisotopic (exact) mass is 441 g/mol. The minimum atomic E-state index is -4.65. The van der Waals surface area contributed by atoms with Gasteiger partial charge in [0.25, 0.3) is 0 Å². The number of imide groups is 1. The van der Waals surface area contributed by atoms with E-state index in [1.165, 1.54) is 19.2 Å². The molecular weight excluding hydrogens is 423 g/mol. The Morgan fingerprint density at radius 3 is 2.30 bits per heavy atom. The van der Waals surface area contributed by atoms with E-state index in [4.69, 9.17) is 21.1 Å². The molecule has 9 heteroatoms. The van der Waals surface area contributed by atoms with Gasteiger partial charge in [0.1, 0.15) is 11.4 Å². The van der Waals surface area contributed by atoms with E-state index < -0.39 is 35.3 Å². The maximum Gasteiger partial charge on any atom is 0.421 e. The fourth-order valence-corrected chi connectivity index (χ4v) is 3.45. The summed E-state index contributed by atoms with van der Waals surface area (Å²) >= 11 is 6.08. The number of amides is 2. The standard InChI is InChI=1S/C21H19ClF3NO4/c1-20(2,3)30-19(28)26-15-9-11(21(23,24)25)5-7-13(15)17(18(26)27)14-10-12(22)6-8-16(14)29-4/h5-10,17H,1-4H3/t17-/m0/s1. The molecule has 0 aromatic heterocycles. The van der Waals surface area contributed by atoms with Gasteiger partial charge in [0.05, 0.1) is 24.3 Å². The number of hydrogen-bond acceptors (Lipinski definition) is 4. The number of ether oxygens (including phenoxy) is 2. The first-order valence-electron chi connectivity index (χ1n) is 8.95. The predicted octanol–water partition coefficient (Wildman–Crippen LogP) is 5.78. The average Bonchev–Trinajstić information content (AvgIpc) is 2.90. The maximum absolute atomic E-state index is 13.3. The zero-order valence-electron chi connectivity index (χ0n) is 16.6. The Morgan fingerprint density at radius 2 is 1.73 bits per heavy atom. The van der Waals surface area contributed by atoms with Crippen LogP contribution in [-0.4, -0.2) is 24.7 Å². The molecule has 0 saturated heterocycles. The molecule has 0 radical (unpaired) electrons. The van der Waals surface area contributed by atoms with E-state index in [1.54, 1.807) is 32.9 Å². The van der Waals surface area contributed by atoms with Crippen LogP contribution in [0, 0.1) is 0 Å². The molecule has 3 rings (SSSR count). The van der Waals surface area contributed by atoms with Gasteiger partial charge in [-0.15, -0.1) is 0 Å². The van der Waals surface area contributed by atoms with Crippen LogP contribution in [0.2, 0.25) is 5.02 Å². The Hall–Kier alpha value is -2.74. The van der Waals surface area contributed by atoms with E-state index in [9.17, 15) is 22.8 Å². The lowest BCUT2D eigenvalue weighted by molar-refractivity contribution is -0.137. The minimum absolute atomic E-state index is 0.184. The Morgan fingerprint density at radius 1 is 1.07 bits per heavy atom. The summed E-state index contributed by atoms with van der Waals surface area (Å²) in [5.74, 6) is -1.52. The fraction of sp³-hybridized carbons (Fsp3) is 0.333. The van der Waals surface area contributed by atoms with Crippen LogP contribution in [-0.2, 0) is 15.7 Å². The molecule has 0 fully saturated rings. The van der Waals surface area contributed by atoms with E-state index in [0.717, 1.165) is 12.1 Å². The Balaban J connectivity index is 2.21. The van der Waals surface area contributed by atoms with Crippen LogP contribution in [0.25, 0.3) is 0 Å². The third-order valence-corrected chi connectivity index (χ3v) is 4.69. The molecule has 2 amide bonds. The first-order valence-corrected chi connectivity index (χ1v) is 9.33. The van der Waals surface area contributed by atoms with Crippen molar-refractivity contribution in [2.24, 2.45) is 0 Å². The molecule has 2 aromatic carbocycles. The van der Waals surface area contributed by atoms with Gasteiger partial charge in [-0.1, -0.05) is 17.7 Å². The summed E-state index contributed by atoms with van der Waals surface area (Å²) in [6.07, 6.45) is -5.71. The summed E-state index contributed by atoms with van der Waals surface area (Å²) in [6, 6.07) is 7.42. The summed E-state index contributed by atoms with van der Waals surface area (Å²) in [4.78, 5) is 26.7. The van der Waals surface area contributed by atoms with Crippen LogP contribution in [0.1, 0.15) is 43.4 Å². The number of halogens is 4. The lowest BCUT2D eigenvalue weighted by Gasteiger charge is -2.24. The first-order chi connectivity index (χ1) is 13.8. The van der Waals surface area contributed by atoms with Gasteiger partial charge in [-0.2, -0.15) is 13.2 Å². The maximum atomic E-state index is 13.3. The number of rotatable bonds is 2. The third-order valence-electron chi connectivity index (χ3n) is 4.46. The van der Waals surface area contributed by atoms with Crippen molar-refractivity contribution in [3.63, 3.8) is 0 Å². The zero-order valence-corrected chi connectivity index (χ0v) is 17.4. The SMILES string of the molecule is COc1ccc(Cl)cc1[C@H]1C(=O)N(C(=O)OC(C)(C)C)c2cc(C(F)(F)F)ccc21. The lowest BCUT2D eigenvalue weighted by atomic mass is 9.91. The molecule has 2 aromatic rings. The quantitative estimate of drug-likeness (QED) is 0.592. The second-order valence-electron chi connectivity index (χ2n) is 7.74. The summed E-state index contributed by atoms with van der Waals surface area (Å²) in [7, 11) is 1.39. The highest BCUT2D eigenvalue weighted by Gasteiger charge is 2.46. The number of alkyl halides is 3. The highest BCUT2D eigenvalue weighted by molar-refractivity contribution is 6.30. The second-order valence-corrected chi connectivity index (χ2v) is 8.18. The van der Waals surface area contributed by atoms with E-state index in [-0.39, 0.29) is 11.3 Å². The van der Waals surface area contributed by atoms with Crippen molar-refractivity contribution < 1.29 is 32.2 Å². The topological polar surface area (TPSA) is 55.8 Å². The third kappa shape index (κ3) is 4.09. The van der Waals surface area contributed by atoms with Gasteiger partial charge in [-0.3, -0.25) is 4.79 Å². The molecule has 30 heavy (non-hydrogen) atoms. The summed E-state index contributed by atoms with van der Waals surface area (Å²) in [5, 5.41) is 0.308. The van der Waals surface area contributed by atoms with Crippen LogP contribution in [0.5, 0.6) is 5.75 Å². The van der Waals surface area contributed by atoms with Crippen molar-refractivity contribution in [1.82, 2.24) is 0 Å². The van der Waals surface area contributed by atoms with Gasteiger partial charge in [0, 0.05) is 10.6 Å². The second kappa shape index (κ2) is 7.50. The first kappa shape index (κ1) is 22.0. The summed E-state index contributed by atoms with van der Waals surface area (Å²) < 4.78 is 50.4. The predicted molar refractivity (Wildman–Crippen MR) is 105 cm³/mol. The molecule has 1 heterocycles. The molecule has 0 N–H and O–H groups in total. The molecule has 160 valence electrons. The van der Waals surface area contributed by atoms with Crippen molar-refractivity contribution >= 4 is 29.3 Å². The number of carbonyl (C=O) groups excluding carboxylic acids is 2. The highest BCUT2D eigenvalue weighted by Crippen LogP contribution is 2.47. The molecular formula is C21H19ClF3NO4. The van der Waals surface area contributed by atoms with Gasteiger partial charge in [-0.05, 0) is 56.7 Å². The van der Waals surface area contributed by atoms with Gasteiger partial charge in [0.2, 0.25) is 5.91 Å². The number of nitrogens with zero attached hydrogens (tertiary/aromatic N) is 1. The van der Waals surface area contributed by atoms with Gasteiger partial charge < -0.3 is 9.47 Å². The Kier molecular flexibility index (Phi) is 5.49. The van der Waals surface area contributed by atoms with Crippen LogP contribution in [0.15, 0.2) is 36.4 Å². The largest absolute Gasteiger partial charge is 0.496 e. The number of anilines is 1. The zero-order chi connectivity index (χ0) is 22.4. The number of hydrogen-bond donors (Lipinski definition) is 0. The molecule has 1 atom stereocenters. The highest BCUT2D eigenvalue weighted by atomic mass is 35.5. The van der Waals surface area contributed by atoms with Gasteiger partial charge in [0.15, 0.2) is 0 Å². The van der Waals surface area contributed by atoms with Gasteiger partial charge in [-0.25, -0.2) is 9.69 Å². The Bertz CT molecular complexity index is 1010. The van der Waals surface area contributed by atoms with E-state index in [2.05, 4.69) is 0 Å². The van der Waals surface area contributed by atoms with Crippen molar-refractivity contribution in [3.05, 3.63) is 58.1 Å². The molecule has 1 aliphatic rings. The Labute approximate surface area is 176 Å². The number of benzene rings is 2. The van der Waals surface area contributed by atoms with E-state index >= 15 is 0 Å². The van der Waals surface area contributed by atoms with Gasteiger partial charge >= 0.3 is 12.3 Å². The van der Waals surface area contributed by atoms with Crippen molar-refractivity contribution in [2.45, 2.75) is 38.5 Å². The van der Waals surface area contributed by atoms with E-state index in [0.29, 0.717) is 21.2 Å². The van der Waals surface area contributed by atoms with Crippen molar-refractivity contribution in [2.75, 3.05) is 12.0 Å². The average molecular weight is 442 g/mol.